The lowest BCUT2D eigenvalue weighted by atomic mass is 9.89. The van der Waals surface area contributed by atoms with Crippen molar-refractivity contribution in [3.05, 3.63) is 23.7 Å². The molecular weight excluding hydrogens is 244 g/mol. The zero-order valence-corrected chi connectivity index (χ0v) is 11.6. The fourth-order valence-electron chi connectivity index (χ4n) is 2.69. The molecule has 2 heterocycles. The van der Waals surface area contributed by atoms with Crippen LogP contribution in [0.15, 0.2) is 16.7 Å². The minimum atomic E-state index is -0.907. The molecule has 19 heavy (non-hydrogen) atoms. The molecule has 5 nitrogen and oxygen atoms in total. The number of nitrogens with one attached hydrogen (secondary N) is 1. The SMILES string of the molecule is CNC(=O)CC1(O)CCCN(Cc2ccoc2C)C1. The van der Waals surface area contributed by atoms with E-state index in [0.717, 1.165) is 30.8 Å². The maximum atomic E-state index is 11.5. The zero-order chi connectivity index (χ0) is 13.9. The van der Waals surface area contributed by atoms with E-state index in [2.05, 4.69) is 10.2 Å². The molecule has 0 saturated carbocycles. The first-order chi connectivity index (χ1) is 9.02. The normalized spacial score (nSPS) is 24.4. The third kappa shape index (κ3) is 3.58. The maximum Gasteiger partial charge on any atom is 0.222 e. The number of hydrogen-bond acceptors (Lipinski definition) is 4. The summed E-state index contributed by atoms with van der Waals surface area (Å²) in [6.45, 7) is 4.18. The van der Waals surface area contributed by atoms with E-state index in [1.54, 1.807) is 13.3 Å². The highest BCUT2D eigenvalue weighted by atomic mass is 16.3. The summed E-state index contributed by atoms with van der Waals surface area (Å²) in [5.74, 6) is 0.809. The molecular formula is C14H22N2O3. The molecule has 1 aliphatic heterocycles. The number of aliphatic hydroxyl groups is 1. The summed E-state index contributed by atoms with van der Waals surface area (Å²) in [7, 11) is 1.60. The quantitative estimate of drug-likeness (QED) is 0.855. The molecule has 1 aromatic rings. The van der Waals surface area contributed by atoms with E-state index in [0.29, 0.717) is 13.0 Å². The number of rotatable bonds is 4. The monoisotopic (exact) mass is 266 g/mol. The first kappa shape index (κ1) is 14.1. The standard InChI is InChI=1S/C14H22N2O3/c1-11-12(4-7-19-11)9-16-6-3-5-14(18,10-16)8-13(17)15-2/h4,7,18H,3,5-6,8-10H2,1-2H3,(H,15,17). The van der Waals surface area contributed by atoms with Crippen LogP contribution in [0, 0.1) is 6.92 Å². The Labute approximate surface area is 113 Å². The van der Waals surface area contributed by atoms with Gasteiger partial charge in [0.2, 0.25) is 5.91 Å². The number of nitrogens with zero attached hydrogens (tertiary/aromatic N) is 1. The minimum absolute atomic E-state index is 0.108. The lowest BCUT2D eigenvalue weighted by molar-refractivity contribution is -0.128. The Bertz CT molecular complexity index is 444. The molecule has 1 fully saturated rings. The van der Waals surface area contributed by atoms with E-state index >= 15 is 0 Å². The fraction of sp³-hybridized carbons (Fsp3) is 0.643. The first-order valence-electron chi connectivity index (χ1n) is 6.71. The average Bonchev–Trinajstić information content (AvgIpc) is 2.74. The van der Waals surface area contributed by atoms with Gasteiger partial charge in [0.15, 0.2) is 0 Å². The highest BCUT2D eigenvalue weighted by molar-refractivity contribution is 5.76. The predicted molar refractivity (Wildman–Crippen MR) is 71.6 cm³/mol. The Morgan fingerprint density at radius 2 is 2.42 bits per heavy atom. The Kier molecular flexibility index (Phi) is 4.27. The van der Waals surface area contributed by atoms with E-state index < -0.39 is 5.60 Å². The van der Waals surface area contributed by atoms with Gasteiger partial charge in [-0.15, -0.1) is 0 Å². The van der Waals surface area contributed by atoms with Crippen molar-refractivity contribution >= 4 is 5.91 Å². The summed E-state index contributed by atoms with van der Waals surface area (Å²) in [6.07, 6.45) is 3.45. The van der Waals surface area contributed by atoms with E-state index in [1.165, 1.54) is 0 Å². The van der Waals surface area contributed by atoms with Crippen LogP contribution in [0.1, 0.15) is 30.6 Å². The van der Waals surface area contributed by atoms with Crippen LogP contribution in [-0.2, 0) is 11.3 Å². The van der Waals surface area contributed by atoms with Crippen molar-refractivity contribution in [3.8, 4) is 0 Å². The van der Waals surface area contributed by atoms with Crippen LogP contribution in [0.3, 0.4) is 0 Å². The number of furan rings is 1. The number of carbonyl (C=O) groups excluding carboxylic acids is 1. The van der Waals surface area contributed by atoms with E-state index in [4.69, 9.17) is 4.42 Å². The van der Waals surface area contributed by atoms with Crippen molar-refractivity contribution in [1.82, 2.24) is 10.2 Å². The van der Waals surface area contributed by atoms with Gasteiger partial charge in [-0.3, -0.25) is 9.69 Å². The van der Waals surface area contributed by atoms with E-state index in [1.807, 2.05) is 13.0 Å². The molecule has 106 valence electrons. The lowest BCUT2D eigenvalue weighted by Gasteiger charge is -2.38. The van der Waals surface area contributed by atoms with E-state index in [9.17, 15) is 9.90 Å². The second kappa shape index (κ2) is 5.75. The second-order valence-electron chi connectivity index (χ2n) is 5.39. The minimum Gasteiger partial charge on any atom is -0.469 e. The first-order valence-corrected chi connectivity index (χ1v) is 6.71. The van der Waals surface area contributed by atoms with Crippen LogP contribution in [0.2, 0.25) is 0 Å². The van der Waals surface area contributed by atoms with Crippen molar-refractivity contribution in [2.24, 2.45) is 0 Å². The maximum absolute atomic E-state index is 11.5. The summed E-state index contributed by atoms with van der Waals surface area (Å²) in [4.78, 5) is 13.6. The number of amides is 1. The van der Waals surface area contributed by atoms with Gasteiger partial charge < -0.3 is 14.8 Å². The molecule has 1 aromatic heterocycles. The van der Waals surface area contributed by atoms with Crippen molar-refractivity contribution in [2.45, 2.75) is 38.3 Å². The highest BCUT2D eigenvalue weighted by Crippen LogP contribution is 2.26. The molecule has 1 amide bonds. The van der Waals surface area contributed by atoms with Crippen LogP contribution >= 0.6 is 0 Å². The third-order valence-corrected chi connectivity index (χ3v) is 3.76. The molecule has 2 rings (SSSR count). The molecule has 5 heteroatoms. The molecule has 1 atom stereocenters. The summed E-state index contributed by atoms with van der Waals surface area (Å²) in [5, 5.41) is 13.1. The third-order valence-electron chi connectivity index (χ3n) is 3.76. The van der Waals surface area contributed by atoms with Crippen molar-refractivity contribution in [1.29, 1.82) is 0 Å². The van der Waals surface area contributed by atoms with Crippen molar-refractivity contribution in [2.75, 3.05) is 20.1 Å². The van der Waals surface area contributed by atoms with Crippen LogP contribution in [0.5, 0.6) is 0 Å². The Morgan fingerprint density at radius 3 is 3.05 bits per heavy atom. The molecule has 1 aliphatic rings. The molecule has 0 spiro atoms. The zero-order valence-electron chi connectivity index (χ0n) is 11.6. The van der Waals surface area contributed by atoms with Crippen LogP contribution in [-0.4, -0.2) is 41.7 Å². The molecule has 2 N–H and O–H groups in total. The Balaban J connectivity index is 1.97. The molecule has 0 aliphatic carbocycles. The number of piperidine rings is 1. The van der Waals surface area contributed by atoms with Gasteiger partial charge in [-0.05, 0) is 32.4 Å². The summed E-state index contributed by atoms with van der Waals surface area (Å²) in [6, 6.07) is 1.96. The van der Waals surface area contributed by atoms with Gasteiger partial charge in [-0.2, -0.15) is 0 Å². The predicted octanol–water partition coefficient (Wildman–Crippen LogP) is 1.05. The van der Waals surface area contributed by atoms with Crippen molar-refractivity contribution in [3.63, 3.8) is 0 Å². The Morgan fingerprint density at radius 1 is 1.63 bits per heavy atom. The molecule has 0 radical (unpaired) electrons. The van der Waals surface area contributed by atoms with Gasteiger partial charge in [0.1, 0.15) is 5.76 Å². The van der Waals surface area contributed by atoms with Gasteiger partial charge in [0.25, 0.3) is 0 Å². The molecule has 1 unspecified atom stereocenters. The summed E-state index contributed by atoms with van der Waals surface area (Å²) < 4.78 is 5.29. The van der Waals surface area contributed by atoms with Gasteiger partial charge in [0, 0.05) is 25.7 Å². The molecule has 0 aromatic carbocycles. The summed E-state index contributed by atoms with van der Waals surface area (Å²) in [5.41, 5.74) is 0.236. The lowest BCUT2D eigenvalue weighted by Crippen LogP contribution is -2.49. The molecule has 1 saturated heterocycles. The van der Waals surface area contributed by atoms with Gasteiger partial charge in [-0.1, -0.05) is 0 Å². The van der Waals surface area contributed by atoms with Crippen LogP contribution < -0.4 is 5.32 Å². The summed E-state index contributed by atoms with van der Waals surface area (Å²) >= 11 is 0. The van der Waals surface area contributed by atoms with Crippen LogP contribution in [0.25, 0.3) is 0 Å². The largest absolute Gasteiger partial charge is 0.469 e. The van der Waals surface area contributed by atoms with Gasteiger partial charge in [0.05, 0.1) is 18.3 Å². The number of hydrogen-bond donors (Lipinski definition) is 2. The molecule has 0 bridgehead atoms. The average molecular weight is 266 g/mol. The smallest absolute Gasteiger partial charge is 0.222 e. The van der Waals surface area contributed by atoms with E-state index in [-0.39, 0.29) is 12.3 Å². The second-order valence-corrected chi connectivity index (χ2v) is 5.39. The number of β-amino-alcohol motifs (C(OH)–C–C–N with tert-alkyl or cyclic N) is 1. The topological polar surface area (TPSA) is 65.7 Å². The number of carbonyl (C=O) groups is 1. The number of aryl methyl sites for hydroxylation is 1. The van der Waals surface area contributed by atoms with Crippen molar-refractivity contribution < 1.29 is 14.3 Å². The number of likely N-dealkylation sites (tertiary alicyclic amines) is 1. The highest BCUT2D eigenvalue weighted by Gasteiger charge is 2.35. The van der Waals surface area contributed by atoms with Gasteiger partial charge in [-0.25, -0.2) is 0 Å². The Hall–Kier alpha value is -1.33. The fourth-order valence-corrected chi connectivity index (χ4v) is 2.69. The van der Waals surface area contributed by atoms with Crippen LogP contribution in [0.4, 0.5) is 0 Å². The van der Waals surface area contributed by atoms with Gasteiger partial charge >= 0.3 is 0 Å².